The van der Waals surface area contributed by atoms with Crippen LogP contribution in [0.4, 0.5) is 0 Å². The Balaban J connectivity index is 2.19. The van der Waals surface area contributed by atoms with Crippen LogP contribution in [-0.4, -0.2) is 25.0 Å². The number of likely N-dealkylation sites (tertiary alicyclic amines) is 1. The highest BCUT2D eigenvalue weighted by Crippen LogP contribution is 2.49. The Labute approximate surface area is 82.5 Å². The predicted octanol–water partition coefficient (Wildman–Crippen LogP) is 2.62. The fourth-order valence-corrected chi connectivity index (χ4v) is 3.58. The maximum atomic E-state index is 2.54. The van der Waals surface area contributed by atoms with Gasteiger partial charge in [0.15, 0.2) is 0 Å². The standard InChI is InChI=1S/C12H23N/c1-9-5-10(2)12(3)6-11(9)7-13(4)8-12/h9-11H,5-8H2,1-4H3. The quantitative estimate of drug-likeness (QED) is 0.555. The summed E-state index contributed by atoms with van der Waals surface area (Å²) < 4.78 is 0. The van der Waals surface area contributed by atoms with E-state index in [1.165, 1.54) is 25.9 Å². The van der Waals surface area contributed by atoms with Gasteiger partial charge in [-0.15, -0.1) is 0 Å². The number of fused-ring (bicyclic) bond motifs is 2. The molecular weight excluding hydrogens is 158 g/mol. The maximum absolute atomic E-state index is 2.54. The minimum absolute atomic E-state index is 0.615. The molecule has 13 heavy (non-hydrogen) atoms. The molecule has 0 aromatic carbocycles. The second-order valence-electron chi connectivity index (χ2n) is 5.93. The van der Waals surface area contributed by atoms with Crippen LogP contribution in [-0.2, 0) is 0 Å². The van der Waals surface area contributed by atoms with E-state index in [9.17, 15) is 0 Å². The molecule has 0 spiro atoms. The summed E-state index contributed by atoms with van der Waals surface area (Å²) in [5.41, 5.74) is 0.615. The highest BCUT2D eigenvalue weighted by Gasteiger charge is 2.44. The molecule has 1 aliphatic carbocycles. The Morgan fingerprint density at radius 2 is 2.00 bits per heavy atom. The maximum Gasteiger partial charge on any atom is 0.00351 e. The van der Waals surface area contributed by atoms with Crippen molar-refractivity contribution < 1.29 is 0 Å². The van der Waals surface area contributed by atoms with Gasteiger partial charge < -0.3 is 4.90 Å². The van der Waals surface area contributed by atoms with Crippen molar-refractivity contribution in [2.24, 2.45) is 23.2 Å². The molecule has 1 heterocycles. The van der Waals surface area contributed by atoms with Crippen molar-refractivity contribution in [1.82, 2.24) is 4.90 Å². The summed E-state index contributed by atoms with van der Waals surface area (Å²) in [4.78, 5) is 2.54. The normalized spacial score (nSPS) is 52.2. The van der Waals surface area contributed by atoms with Crippen molar-refractivity contribution in [3.63, 3.8) is 0 Å². The molecular formula is C12H23N. The fourth-order valence-electron chi connectivity index (χ4n) is 3.58. The molecule has 2 bridgehead atoms. The highest BCUT2D eigenvalue weighted by atomic mass is 15.1. The zero-order valence-corrected chi connectivity index (χ0v) is 9.51. The van der Waals surface area contributed by atoms with Gasteiger partial charge in [-0.2, -0.15) is 0 Å². The monoisotopic (exact) mass is 181 g/mol. The van der Waals surface area contributed by atoms with Gasteiger partial charge in [0, 0.05) is 13.1 Å². The van der Waals surface area contributed by atoms with Crippen molar-refractivity contribution in [3.05, 3.63) is 0 Å². The molecule has 1 saturated heterocycles. The Bertz CT molecular complexity index is 201. The van der Waals surface area contributed by atoms with Crippen LogP contribution in [0.15, 0.2) is 0 Å². The van der Waals surface area contributed by atoms with Gasteiger partial charge in [0.05, 0.1) is 0 Å². The van der Waals surface area contributed by atoms with Crippen LogP contribution in [0.2, 0.25) is 0 Å². The van der Waals surface area contributed by atoms with E-state index in [1.807, 2.05) is 0 Å². The van der Waals surface area contributed by atoms with E-state index in [1.54, 1.807) is 0 Å². The largest absolute Gasteiger partial charge is 0.306 e. The van der Waals surface area contributed by atoms with Crippen LogP contribution in [0.25, 0.3) is 0 Å². The van der Waals surface area contributed by atoms with Crippen molar-refractivity contribution in [1.29, 1.82) is 0 Å². The van der Waals surface area contributed by atoms with E-state index >= 15 is 0 Å². The molecule has 2 aliphatic rings. The van der Waals surface area contributed by atoms with Gasteiger partial charge in [0.1, 0.15) is 0 Å². The third kappa shape index (κ3) is 1.52. The average Bonchev–Trinajstić information content (AvgIpc) is 2.00. The zero-order chi connectivity index (χ0) is 9.64. The van der Waals surface area contributed by atoms with Crippen LogP contribution in [0.3, 0.4) is 0 Å². The SMILES string of the molecule is CC1CC(C)C2(C)CC1CN(C)C2. The summed E-state index contributed by atoms with van der Waals surface area (Å²) in [6.07, 6.45) is 2.93. The highest BCUT2D eigenvalue weighted by molar-refractivity contribution is 4.96. The molecule has 0 N–H and O–H groups in total. The van der Waals surface area contributed by atoms with Crippen molar-refractivity contribution in [2.75, 3.05) is 20.1 Å². The van der Waals surface area contributed by atoms with Crippen molar-refractivity contribution >= 4 is 0 Å². The Morgan fingerprint density at radius 3 is 2.69 bits per heavy atom. The first-order valence-corrected chi connectivity index (χ1v) is 5.70. The average molecular weight is 181 g/mol. The lowest BCUT2D eigenvalue weighted by Gasteiger charge is -2.53. The first-order chi connectivity index (χ1) is 6.01. The summed E-state index contributed by atoms with van der Waals surface area (Å²) >= 11 is 0. The van der Waals surface area contributed by atoms with Gasteiger partial charge in [-0.25, -0.2) is 0 Å². The van der Waals surface area contributed by atoms with E-state index in [0.717, 1.165) is 17.8 Å². The lowest BCUT2D eigenvalue weighted by Crippen LogP contribution is -2.52. The van der Waals surface area contributed by atoms with Crippen LogP contribution >= 0.6 is 0 Å². The van der Waals surface area contributed by atoms with E-state index in [2.05, 4.69) is 32.7 Å². The second kappa shape index (κ2) is 2.98. The van der Waals surface area contributed by atoms with Gasteiger partial charge in [0.25, 0.3) is 0 Å². The fraction of sp³-hybridized carbons (Fsp3) is 1.00. The summed E-state index contributed by atoms with van der Waals surface area (Å²) in [6, 6.07) is 0. The molecule has 76 valence electrons. The molecule has 2 fully saturated rings. The summed E-state index contributed by atoms with van der Waals surface area (Å²) in [5.74, 6) is 2.84. The van der Waals surface area contributed by atoms with Gasteiger partial charge in [-0.1, -0.05) is 20.8 Å². The summed E-state index contributed by atoms with van der Waals surface area (Å²) in [5, 5.41) is 0. The Kier molecular flexibility index (Phi) is 2.18. The van der Waals surface area contributed by atoms with E-state index in [-0.39, 0.29) is 0 Å². The number of piperidine rings is 1. The molecule has 1 heteroatoms. The van der Waals surface area contributed by atoms with E-state index in [4.69, 9.17) is 0 Å². The lowest BCUT2D eigenvalue weighted by atomic mass is 9.59. The van der Waals surface area contributed by atoms with Crippen molar-refractivity contribution in [3.8, 4) is 0 Å². The minimum Gasteiger partial charge on any atom is -0.306 e. The molecule has 0 aromatic heterocycles. The van der Waals surface area contributed by atoms with Gasteiger partial charge in [-0.05, 0) is 43.1 Å². The van der Waals surface area contributed by atoms with Gasteiger partial charge in [-0.3, -0.25) is 0 Å². The molecule has 0 radical (unpaired) electrons. The molecule has 1 saturated carbocycles. The van der Waals surface area contributed by atoms with E-state index in [0.29, 0.717) is 5.41 Å². The molecule has 1 nitrogen and oxygen atoms in total. The zero-order valence-electron chi connectivity index (χ0n) is 9.51. The summed E-state index contributed by atoms with van der Waals surface area (Å²) in [7, 11) is 2.29. The molecule has 2 rings (SSSR count). The van der Waals surface area contributed by atoms with E-state index < -0.39 is 0 Å². The first-order valence-electron chi connectivity index (χ1n) is 5.70. The minimum atomic E-state index is 0.615. The molecule has 0 aromatic rings. The molecule has 4 atom stereocenters. The number of nitrogens with zero attached hydrogens (tertiary/aromatic N) is 1. The topological polar surface area (TPSA) is 3.24 Å². The molecule has 1 aliphatic heterocycles. The third-order valence-corrected chi connectivity index (χ3v) is 4.63. The number of hydrogen-bond donors (Lipinski definition) is 0. The van der Waals surface area contributed by atoms with Crippen LogP contribution in [0.5, 0.6) is 0 Å². The number of rotatable bonds is 0. The third-order valence-electron chi connectivity index (χ3n) is 4.63. The van der Waals surface area contributed by atoms with Crippen LogP contribution in [0.1, 0.15) is 33.6 Å². The lowest BCUT2D eigenvalue weighted by molar-refractivity contribution is -0.0344. The molecule has 4 unspecified atom stereocenters. The van der Waals surface area contributed by atoms with Crippen LogP contribution in [0, 0.1) is 23.2 Å². The smallest absolute Gasteiger partial charge is 0.00351 e. The Morgan fingerprint density at radius 1 is 1.31 bits per heavy atom. The predicted molar refractivity (Wildman–Crippen MR) is 56.7 cm³/mol. The van der Waals surface area contributed by atoms with Gasteiger partial charge >= 0.3 is 0 Å². The molecule has 0 amide bonds. The van der Waals surface area contributed by atoms with Crippen LogP contribution < -0.4 is 0 Å². The van der Waals surface area contributed by atoms with Crippen molar-refractivity contribution in [2.45, 2.75) is 33.6 Å². The van der Waals surface area contributed by atoms with Gasteiger partial charge in [0.2, 0.25) is 0 Å². The second-order valence-corrected chi connectivity index (χ2v) is 5.93. The first kappa shape index (κ1) is 9.51. The number of hydrogen-bond acceptors (Lipinski definition) is 1. The summed E-state index contributed by atoms with van der Waals surface area (Å²) in [6.45, 7) is 10.0. The Hall–Kier alpha value is -0.0400.